The average molecular weight is 332 g/mol. The van der Waals surface area contributed by atoms with Crippen molar-refractivity contribution in [3.63, 3.8) is 0 Å². The number of para-hydroxylation sites is 1. The molecule has 0 saturated heterocycles. The third kappa shape index (κ3) is 3.05. The highest BCUT2D eigenvalue weighted by Crippen LogP contribution is 2.30. The van der Waals surface area contributed by atoms with E-state index in [1.165, 1.54) is 16.4 Å². The normalized spacial score (nSPS) is 12.1. The highest BCUT2D eigenvalue weighted by Gasteiger charge is 2.13. The summed E-state index contributed by atoms with van der Waals surface area (Å²) in [5.74, 6) is -0.138. The van der Waals surface area contributed by atoms with Gasteiger partial charge >= 0.3 is 0 Å². The Morgan fingerprint density at radius 3 is 2.52 bits per heavy atom. The van der Waals surface area contributed by atoms with Gasteiger partial charge < -0.3 is 15.6 Å². The van der Waals surface area contributed by atoms with Crippen LogP contribution in [0.2, 0.25) is 0 Å². The Kier molecular flexibility index (Phi) is 5.29. The molecule has 1 heterocycles. The van der Waals surface area contributed by atoms with Crippen molar-refractivity contribution in [1.82, 2.24) is 4.57 Å². The van der Waals surface area contributed by atoms with Crippen molar-refractivity contribution in [1.29, 1.82) is 0 Å². The SMILES string of the molecule is CC[C@H](N)C(=O)Nc1ccc2c(c1)c1ccccc1n2CC.Cl. The molecule has 0 unspecified atom stereocenters. The van der Waals surface area contributed by atoms with Gasteiger partial charge in [0.2, 0.25) is 5.91 Å². The maximum absolute atomic E-state index is 12.0. The van der Waals surface area contributed by atoms with Crippen LogP contribution in [0.15, 0.2) is 42.5 Å². The molecule has 0 spiro atoms. The number of anilines is 1. The lowest BCUT2D eigenvalue weighted by atomic mass is 10.1. The van der Waals surface area contributed by atoms with Crippen molar-refractivity contribution in [2.45, 2.75) is 32.9 Å². The summed E-state index contributed by atoms with van der Waals surface area (Å²) in [6.07, 6.45) is 0.628. The summed E-state index contributed by atoms with van der Waals surface area (Å²) in [6.45, 7) is 4.96. The fourth-order valence-corrected chi connectivity index (χ4v) is 2.89. The monoisotopic (exact) mass is 331 g/mol. The lowest BCUT2D eigenvalue weighted by molar-refractivity contribution is -0.117. The summed E-state index contributed by atoms with van der Waals surface area (Å²) in [5.41, 5.74) is 8.97. The second-order valence-electron chi connectivity index (χ2n) is 5.50. The molecule has 0 bridgehead atoms. The predicted molar refractivity (Wildman–Crippen MR) is 99.3 cm³/mol. The van der Waals surface area contributed by atoms with Crippen molar-refractivity contribution < 1.29 is 4.79 Å². The fraction of sp³-hybridized carbons (Fsp3) is 0.278. The predicted octanol–water partition coefficient (Wildman–Crippen LogP) is 3.91. The Balaban J connectivity index is 0.00000192. The molecule has 0 radical (unpaired) electrons. The number of aromatic nitrogens is 1. The van der Waals surface area contributed by atoms with Crippen molar-refractivity contribution in [2.24, 2.45) is 5.73 Å². The molecular weight excluding hydrogens is 310 g/mol. The van der Waals surface area contributed by atoms with Crippen molar-refractivity contribution >= 4 is 45.8 Å². The van der Waals surface area contributed by atoms with E-state index in [0.717, 1.165) is 17.6 Å². The summed E-state index contributed by atoms with van der Waals surface area (Å²) in [7, 11) is 0. The van der Waals surface area contributed by atoms with Gasteiger partial charge in [-0.05, 0) is 37.6 Å². The van der Waals surface area contributed by atoms with E-state index in [4.69, 9.17) is 5.73 Å². The first-order valence-corrected chi connectivity index (χ1v) is 7.73. The molecule has 1 aromatic heterocycles. The minimum Gasteiger partial charge on any atom is -0.341 e. The van der Waals surface area contributed by atoms with E-state index >= 15 is 0 Å². The van der Waals surface area contributed by atoms with Crippen LogP contribution in [0.5, 0.6) is 0 Å². The van der Waals surface area contributed by atoms with E-state index in [-0.39, 0.29) is 18.3 Å². The van der Waals surface area contributed by atoms with E-state index in [9.17, 15) is 4.79 Å². The van der Waals surface area contributed by atoms with Crippen molar-refractivity contribution in [2.75, 3.05) is 5.32 Å². The first-order valence-electron chi connectivity index (χ1n) is 7.73. The van der Waals surface area contributed by atoms with Crippen LogP contribution in [0.4, 0.5) is 5.69 Å². The van der Waals surface area contributed by atoms with Gasteiger partial charge in [-0.3, -0.25) is 4.79 Å². The lowest BCUT2D eigenvalue weighted by Crippen LogP contribution is -2.34. The first kappa shape index (κ1) is 17.3. The van der Waals surface area contributed by atoms with Crippen LogP contribution in [0.3, 0.4) is 0 Å². The zero-order valence-electron chi connectivity index (χ0n) is 13.4. The number of fused-ring (bicyclic) bond motifs is 3. The maximum Gasteiger partial charge on any atom is 0.241 e. The Morgan fingerprint density at radius 2 is 1.83 bits per heavy atom. The van der Waals surface area contributed by atoms with Gasteiger partial charge in [-0.2, -0.15) is 0 Å². The van der Waals surface area contributed by atoms with Gasteiger partial charge in [0, 0.05) is 34.0 Å². The Bertz CT molecular complexity index is 841. The minimum absolute atomic E-state index is 0. The van der Waals surface area contributed by atoms with E-state index in [1.807, 2.05) is 25.1 Å². The van der Waals surface area contributed by atoms with Crippen molar-refractivity contribution in [3.05, 3.63) is 42.5 Å². The molecule has 0 aliphatic carbocycles. The molecular formula is C18H22ClN3O. The van der Waals surface area contributed by atoms with Crippen LogP contribution >= 0.6 is 12.4 Å². The quantitative estimate of drug-likeness (QED) is 0.761. The molecule has 3 N–H and O–H groups in total. The third-order valence-electron chi connectivity index (χ3n) is 4.13. The van der Waals surface area contributed by atoms with Gasteiger partial charge in [0.15, 0.2) is 0 Å². The fourth-order valence-electron chi connectivity index (χ4n) is 2.89. The molecule has 23 heavy (non-hydrogen) atoms. The lowest BCUT2D eigenvalue weighted by Gasteiger charge is -2.10. The number of nitrogens with two attached hydrogens (primary N) is 1. The van der Waals surface area contributed by atoms with Crippen LogP contribution in [-0.4, -0.2) is 16.5 Å². The zero-order chi connectivity index (χ0) is 15.7. The van der Waals surface area contributed by atoms with Crippen LogP contribution in [0, 0.1) is 0 Å². The average Bonchev–Trinajstić information content (AvgIpc) is 2.87. The highest BCUT2D eigenvalue weighted by molar-refractivity contribution is 6.10. The number of benzene rings is 2. The molecule has 3 aromatic rings. The van der Waals surface area contributed by atoms with Gasteiger partial charge in [-0.1, -0.05) is 25.1 Å². The molecule has 3 rings (SSSR count). The number of hydrogen-bond donors (Lipinski definition) is 2. The number of amides is 1. The number of carbonyl (C=O) groups is 1. The van der Waals surface area contributed by atoms with E-state index in [2.05, 4.69) is 41.1 Å². The Labute approximate surface area is 142 Å². The van der Waals surface area contributed by atoms with Gasteiger partial charge in [0.25, 0.3) is 0 Å². The van der Waals surface area contributed by atoms with Crippen LogP contribution < -0.4 is 11.1 Å². The second kappa shape index (κ2) is 7.02. The molecule has 0 aliphatic rings. The molecule has 1 atom stereocenters. The number of carbonyl (C=O) groups excluding carboxylic acids is 1. The zero-order valence-corrected chi connectivity index (χ0v) is 14.2. The highest BCUT2D eigenvalue weighted by atomic mass is 35.5. The van der Waals surface area contributed by atoms with Gasteiger partial charge in [-0.25, -0.2) is 0 Å². The van der Waals surface area contributed by atoms with E-state index in [1.54, 1.807) is 0 Å². The number of nitrogens with one attached hydrogen (secondary N) is 1. The molecule has 0 saturated carbocycles. The largest absolute Gasteiger partial charge is 0.341 e. The van der Waals surface area contributed by atoms with Crippen molar-refractivity contribution in [3.8, 4) is 0 Å². The smallest absolute Gasteiger partial charge is 0.241 e. The van der Waals surface area contributed by atoms with Gasteiger partial charge in [0.05, 0.1) is 6.04 Å². The third-order valence-corrected chi connectivity index (χ3v) is 4.13. The summed E-state index contributed by atoms with van der Waals surface area (Å²) in [5, 5.41) is 5.26. The number of hydrogen-bond acceptors (Lipinski definition) is 2. The van der Waals surface area contributed by atoms with Crippen LogP contribution in [0.1, 0.15) is 20.3 Å². The summed E-state index contributed by atoms with van der Waals surface area (Å²) >= 11 is 0. The maximum atomic E-state index is 12.0. The summed E-state index contributed by atoms with van der Waals surface area (Å²) in [6, 6.07) is 13.9. The molecule has 1 amide bonds. The van der Waals surface area contributed by atoms with Gasteiger partial charge in [0.1, 0.15) is 0 Å². The standard InChI is InChI=1S/C18H21N3O.ClH/c1-3-15(19)18(22)20-12-9-10-17-14(11-12)13-7-5-6-8-16(13)21(17)4-2;/h5-11,15H,3-4,19H2,1-2H3,(H,20,22);1H/t15-;/m0./s1. The number of halogens is 1. The molecule has 122 valence electrons. The number of nitrogens with zero attached hydrogens (tertiary/aromatic N) is 1. The molecule has 5 heteroatoms. The topological polar surface area (TPSA) is 60.1 Å². The molecule has 2 aromatic carbocycles. The molecule has 0 fully saturated rings. The summed E-state index contributed by atoms with van der Waals surface area (Å²) in [4.78, 5) is 12.0. The second-order valence-corrected chi connectivity index (χ2v) is 5.50. The summed E-state index contributed by atoms with van der Waals surface area (Å²) < 4.78 is 2.29. The number of rotatable bonds is 4. The van der Waals surface area contributed by atoms with Crippen LogP contribution in [-0.2, 0) is 11.3 Å². The molecule has 0 aliphatic heterocycles. The minimum atomic E-state index is -0.465. The Morgan fingerprint density at radius 1 is 1.13 bits per heavy atom. The number of aryl methyl sites for hydroxylation is 1. The van der Waals surface area contributed by atoms with Gasteiger partial charge in [-0.15, -0.1) is 12.4 Å². The van der Waals surface area contributed by atoms with E-state index < -0.39 is 6.04 Å². The van der Waals surface area contributed by atoms with E-state index in [0.29, 0.717) is 6.42 Å². The molecule has 4 nitrogen and oxygen atoms in total. The van der Waals surface area contributed by atoms with Crippen LogP contribution in [0.25, 0.3) is 21.8 Å². The first-order chi connectivity index (χ1) is 10.7. The Hall–Kier alpha value is -2.04.